The molecule has 114 valence electrons. The van der Waals surface area contributed by atoms with Gasteiger partial charge in [0.05, 0.1) is 0 Å². The summed E-state index contributed by atoms with van der Waals surface area (Å²) in [5.41, 5.74) is 1.78. The van der Waals surface area contributed by atoms with Crippen molar-refractivity contribution in [2.24, 2.45) is 0 Å². The van der Waals surface area contributed by atoms with Gasteiger partial charge in [-0.25, -0.2) is 0 Å². The SMILES string of the molecule is O=C(c1cc(C2CC2)on1)N1CCC(c2ccncc2)CC1. The fourth-order valence-electron chi connectivity index (χ4n) is 3.16. The molecule has 5 heteroatoms. The van der Waals surface area contributed by atoms with Crippen LogP contribution in [0.15, 0.2) is 35.1 Å². The van der Waals surface area contributed by atoms with Gasteiger partial charge in [0.1, 0.15) is 5.76 Å². The number of amides is 1. The van der Waals surface area contributed by atoms with Crippen molar-refractivity contribution in [3.63, 3.8) is 0 Å². The average molecular weight is 297 g/mol. The lowest BCUT2D eigenvalue weighted by Gasteiger charge is -2.31. The van der Waals surface area contributed by atoms with Crippen LogP contribution in [0, 0.1) is 0 Å². The highest BCUT2D eigenvalue weighted by Crippen LogP contribution is 2.40. The standard InChI is InChI=1S/C17H19N3O2/c21-17(15-11-16(22-19-15)14-1-2-14)20-9-5-13(6-10-20)12-3-7-18-8-4-12/h3-4,7-8,11,13-14H,1-2,5-6,9-10H2. The Morgan fingerprint density at radius 2 is 1.82 bits per heavy atom. The molecule has 5 nitrogen and oxygen atoms in total. The highest BCUT2D eigenvalue weighted by Gasteiger charge is 2.31. The van der Waals surface area contributed by atoms with E-state index in [-0.39, 0.29) is 5.91 Å². The third kappa shape index (κ3) is 2.63. The maximum absolute atomic E-state index is 12.5. The predicted octanol–water partition coefficient (Wildman–Crippen LogP) is 2.97. The molecule has 0 unspecified atom stereocenters. The van der Waals surface area contributed by atoms with Gasteiger partial charge >= 0.3 is 0 Å². The van der Waals surface area contributed by atoms with Gasteiger partial charge < -0.3 is 9.42 Å². The number of aromatic nitrogens is 2. The van der Waals surface area contributed by atoms with E-state index in [1.807, 2.05) is 23.4 Å². The van der Waals surface area contributed by atoms with Crippen LogP contribution >= 0.6 is 0 Å². The van der Waals surface area contributed by atoms with Crippen molar-refractivity contribution in [2.45, 2.75) is 37.5 Å². The van der Waals surface area contributed by atoms with Crippen molar-refractivity contribution in [3.8, 4) is 0 Å². The molecular weight excluding hydrogens is 278 g/mol. The largest absolute Gasteiger partial charge is 0.360 e. The van der Waals surface area contributed by atoms with Crippen LogP contribution in [0.1, 0.15) is 59.3 Å². The number of rotatable bonds is 3. The molecule has 22 heavy (non-hydrogen) atoms. The highest BCUT2D eigenvalue weighted by molar-refractivity contribution is 5.92. The Morgan fingerprint density at radius 3 is 2.50 bits per heavy atom. The van der Waals surface area contributed by atoms with E-state index in [0.29, 0.717) is 17.5 Å². The van der Waals surface area contributed by atoms with Crippen LogP contribution in [0.4, 0.5) is 0 Å². The summed E-state index contributed by atoms with van der Waals surface area (Å²) in [6, 6.07) is 5.97. The topological polar surface area (TPSA) is 59.2 Å². The summed E-state index contributed by atoms with van der Waals surface area (Å²) in [5, 5.41) is 3.96. The zero-order valence-electron chi connectivity index (χ0n) is 12.4. The Morgan fingerprint density at radius 1 is 1.09 bits per heavy atom. The normalized spacial score (nSPS) is 19.4. The van der Waals surface area contributed by atoms with Crippen molar-refractivity contribution in [1.82, 2.24) is 15.0 Å². The maximum Gasteiger partial charge on any atom is 0.276 e. The quantitative estimate of drug-likeness (QED) is 0.874. The fraction of sp³-hybridized carbons (Fsp3) is 0.471. The number of carbonyl (C=O) groups is 1. The lowest BCUT2D eigenvalue weighted by molar-refractivity contribution is 0.0702. The molecule has 0 spiro atoms. The van der Waals surface area contributed by atoms with Gasteiger partial charge in [-0.2, -0.15) is 0 Å². The van der Waals surface area contributed by atoms with Crippen molar-refractivity contribution in [2.75, 3.05) is 13.1 Å². The van der Waals surface area contributed by atoms with Gasteiger partial charge in [-0.15, -0.1) is 0 Å². The number of pyridine rings is 1. The molecule has 1 aliphatic carbocycles. The Hall–Kier alpha value is -2.17. The van der Waals surface area contributed by atoms with E-state index in [1.165, 1.54) is 5.56 Å². The summed E-state index contributed by atoms with van der Waals surface area (Å²) in [6.45, 7) is 1.55. The van der Waals surface area contributed by atoms with Crippen LogP contribution < -0.4 is 0 Å². The molecule has 4 rings (SSSR count). The van der Waals surface area contributed by atoms with Crippen molar-refractivity contribution >= 4 is 5.91 Å². The molecule has 0 aromatic carbocycles. The second kappa shape index (κ2) is 5.55. The molecule has 1 saturated heterocycles. The van der Waals surface area contributed by atoms with E-state index in [9.17, 15) is 4.79 Å². The lowest BCUT2D eigenvalue weighted by Crippen LogP contribution is -2.38. The zero-order chi connectivity index (χ0) is 14.9. The van der Waals surface area contributed by atoms with Crippen molar-refractivity contribution in [1.29, 1.82) is 0 Å². The van der Waals surface area contributed by atoms with E-state index in [4.69, 9.17) is 4.52 Å². The lowest BCUT2D eigenvalue weighted by atomic mass is 9.90. The van der Waals surface area contributed by atoms with Crippen molar-refractivity contribution in [3.05, 3.63) is 47.6 Å². The summed E-state index contributed by atoms with van der Waals surface area (Å²) in [4.78, 5) is 18.4. The Labute approximate surface area is 129 Å². The van der Waals surface area contributed by atoms with Crippen molar-refractivity contribution < 1.29 is 9.32 Å². The van der Waals surface area contributed by atoms with Crippen LogP contribution in [0.2, 0.25) is 0 Å². The van der Waals surface area contributed by atoms with Gasteiger partial charge in [-0.3, -0.25) is 9.78 Å². The van der Waals surface area contributed by atoms with Gasteiger partial charge in [0.15, 0.2) is 5.69 Å². The molecule has 2 aromatic rings. The van der Waals surface area contributed by atoms with E-state index >= 15 is 0 Å². The molecule has 0 bridgehead atoms. The van der Waals surface area contributed by atoms with Gasteiger partial charge in [-0.1, -0.05) is 5.16 Å². The Balaban J connectivity index is 1.39. The Bertz CT molecular complexity index is 656. The summed E-state index contributed by atoms with van der Waals surface area (Å²) in [7, 11) is 0. The van der Waals surface area contributed by atoms with E-state index in [1.54, 1.807) is 0 Å². The highest BCUT2D eigenvalue weighted by atomic mass is 16.5. The molecule has 1 saturated carbocycles. The molecule has 0 radical (unpaired) electrons. The van der Waals surface area contributed by atoms with E-state index in [0.717, 1.165) is 44.5 Å². The first-order valence-electron chi connectivity index (χ1n) is 7.97. The molecule has 1 amide bonds. The molecule has 2 aliphatic rings. The molecular formula is C17H19N3O2. The average Bonchev–Trinajstić information content (AvgIpc) is 3.32. The summed E-state index contributed by atoms with van der Waals surface area (Å²) in [5.74, 6) is 1.89. The minimum Gasteiger partial charge on any atom is -0.360 e. The summed E-state index contributed by atoms with van der Waals surface area (Å²) >= 11 is 0. The number of carbonyl (C=O) groups excluding carboxylic acids is 1. The zero-order valence-corrected chi connectivity index (χ0v) is 12.4. The number of hydrogen-bond donors (Lipinski definition) is 0. The van der Waals surface area contributed by atoms with Crippen LogP contribution in [-0.4, -0.2) is 34.0 Å². The number of nitrogens with zero attached hydrogens (tertiary/aromatic N) is 3. The van der Waals surface area contributed by atoms with Gasteiger partial charge in [0.25, 0.3) is 5.91 Å². The Kier molecular flexibility index (Phi) is 3.41. The van der Waals surface area contributed by atoms with E-state index < -0.39 is 0 Å². The van der Waals surface area contributed by atoms with E-state index in [2.05, 4.69) is 22.3 Å². The molecule has 2 aromatic heterocycles. The molecule has 2 fully saturated rings. The van der Waals surface area contributed by atoms with Crippen LogP contribution in [-0.2, 0) is 0 Å². The number of piperidine rings is 1. The fourth-order valence-corrected chi connectivity index (χ4v) is 3.16. The first kappa shape index (κ1) is 13.5. The monoisotopic (exact) mass is 297 g/mol. The van der Waals surface area contributed by atoms with Crippen LogP contribution in [0.5, 0.6) is 0 Å². The van der Waals surface area contributed by atoms with Gasteiger partial charge in [-0.05, 0) is 49.3 Å². The number of likely N-dealkylation sites (tertiary alicyclic amines) is 1. The molecule has 1 aliphatic heterocycles. The predicted molar refractivity (Wildman–Crippen MR) is 80.6 cm³/mol. The summed E-state index contributed by atoms with van der Waals surface area (Å²) in [6.07, 6.45) is 7.95. The smallest absolute Gasteiger partial charge is 0.276 e. The minimum atomic E-state index is 0.00354. The second-order valence-corrected chi connectivity index (χ2v) is 6.24. The van der Waals surface area contributed by atoms with Gasteiger partial charge in [0.2, 0.25) is 0 Å². The molecule has 3 heterocycles. The maximum atomic E-state index is 12.5. The van der Waals surface area contributed by atoms with Crippen LogP contribution in [0.3, 0.4) is 0 Å². The molecule has 0 N–H and O–H groups in total. The molecule has 0 atom stereocenters. The third-order valence-electron chi connectivity index (χ3n) is 4.69. The third-order valence-corrected chi connectivity index (χ3v) is 4.69. The minimum absolute atomic E-state index is 0.00354. The van der Waals surface area contributed by atoms with Gasteiger partial charge in [0, 0.05) is 37.5 Å². The van der Waals surface area contributed by atoms with Crippen LogP contribution in [0.25, 0.3) is 0 Å². The second-order valence-electron chi connectivity index (χ2n) is 6.24. The first-order chi connectivity index (χ1) is 10.8. The number of hydrogen-bond acceptors (Lipinski definition) is 4. The first-order valence-corrected chi connectivity index (χ1v) is 7.97. The summed E-state index contributed by atoms with van der Waals surface area (Å²) < 4.78 is 5.29.